The number of benzene rings is 1. The third-order valence-corrected chi connectivity index (χ3v) is 10.2. The minimum Gasteiger partial charge on any atom is -0.476 e. The molecule has 1 saturated heterocycles. The lowest BCUT2D eigenvalue weighted by Gasteiger charge is -2.28. The number of hydrogen-bond donors (Lipinski definition) is 2. The molecule has 308 valence electrons. The van der Waals surface area contributed by atoms with Gasteiger partial charge in [-0.05, 0) is 62.7 Å². The van der Waals surface area contributed by atoms with Gasteiger partial charge in [0.25, 0.3) is 5.88 Å². The fourth-order valence-corrected chi connectivity index (χ4v) is 7.01. The number of carbonyl (C=O) groups is 4. The molecule has 15 nitrogen and oxygen atoms in total. The van der Waals surface area contributed by atoms with E-state index in [1.807, 2.05) is 50.5 Å². The number of likely N-dealkylation sites (tertiary alicyclic amines) is 1. The Kier molecular flexibility index (Phi) is 16.2. The summed E-state index contributed by atoms with van der Waals surface area (Å²) < 4.78 is 22.6. The lowest BCUT2D eigenvalue weighted by Crippen LogP contribution is -2.48. The monoisotopic (exact) mass is 798 g/mol. The van der Waals surface area contributed by atoms with Crippen molar-refractivity contribution in [3.05, 3.63) is 52.9 Å². The Labute approximate surface area is 333 Å². The quantitative estimate of drug-likeness (QED) is 0.156. The molecule has 56 heavy (non-hydrogen) atoms. The smallest absolute Gasteiger partial charge is 0.410 e. The Hall–Kier alpha value is -4.54. The maximum atomic E-state index is 14.0. The van der Waals surface area contributed by atoms with Crippen molar-refractivity contribution in [1.29, 1.82) is 0 Å². The first-order chi connectivity index (χ1) is 26.5. The number of unbranched alkanes of at least 4 members (excludes halogenated alkanes) is 1. The van der Waals surface area contributed by atoms with Gasteiger partial charge in [-0.3, -0.25) is 14.4 Å². The Bertz CT molecular complexity index is 1740. The summed E-state index contributed by atoms with van der Waals surface area (Å²) in [7, 11) is 3.35. The number of hydrogen-bond acceptors (Lipinski definition) is 12. The number of rotatable bonds is 19. The van der Waals surface area contributed by atoms with Gasteiger partial charge in [-0.2, -0.15) is 0 Å². The van der Waals surface area contributed by atoms with E-state index < -0.39 is 29.8 Å². The molecule has 2 aromatic heterocycles. The first kappa shape index (κ1) is 44.2. The van der Waals surface area contributed by atoms with Gasteiger partial charge < -0.3 is 43.9 Å². The summed E-state index contributed by atoms with van der Waals surface area (Å²) in [6, 6.07) is 8.69. The standard InChI is InChI=1S/C40H58N6O9S/c1-26(2)35(38(50)46-24-30(47)21-31(46)37(49)41-23-28-11-13-29(14-12-28)36-27(3)42-25-56-36)32-22-33(43-55-32)53-19-10-9-18-52-20-17-45(16-15-34(48)44(7)8)39(51)54-40(4,5)6/h11-14,22,25-26,30-31,35,47H,9-10,15-21,23-24H2,1-8H3,(H,41,49)/t30-,31+,35?/m1/s1. The maximum Gasteiger partial charge on any atom is 0.410 e. The normalized spacial score (nSPS) is 16.1. The van der Waals surface area contributed by atoms with E-state index in [9.17, 15) is 24.3 Å². The number of carbonyl (C=O) groups excluding carboxylic acids is 4. The summed E-state index contributed by atoms with van der Waals surface area (Å²) in [5, 5.41) is 17.5. The van der Waals surface area contributed by atoms with Gasteiger partial charge in [0.15, 0.2) is 5.76 Å². The van der Waals surface area contributed by atoms with Crippen LogP contribution in [-0.4, -0.2) is 125 Å². The van der Waals surface area contributed by atoms with Crippen LogP contribution in [-0.2, 0) is 30.4 Å². The number of nitrogens with zero attached hydrogens (tertiary/aromatic N) is 5. The maximum absolute atomic E-state index is 14.0. The molecule has 1 unspecified atom stereocenters. The summed E-state index contributed by atoms with van der Waals surface area (Å²) in [5.41, 5.74) is 4.10. The van der Waals surface area contributed by atoms with Crippen molar-refractivity contribution < 1.29 is 43.0 Å². The number of aromatic nitrogens is 2. The largest absolute Gasteiger partial charge is 0.476 e. The molecule has 0 bridgehead atoms. The average Bonchev–Trinajstić information content (AvgIpc) is 3.88. The molecule has 3 aromatic rings. The lowest BCUT2D eigenvalue weighted by atomic mass is 9.91. The van der Waals surface area contributed by atoms with Crippen LogP contribution in [0.1, 0.15) is 83.2 Å². The van der Waals surface area contributed by atoms with Gasteiger partial charge in [0.2, 0.25) is 17.7 Å². The predicted octanol–water partition coefficient (Wildman–Crippen LogP) is 5.02. The molecule has 1 aliphatic rings. The number of amides is 4. The molecule has 3 heterocycles. The zero-order chi connectivity index (χ0) is 41.0. The van der Waals surface area contributed by atoms with Crippen molar-refractivity contribution in [2.24, 2.45) is 5.92 Å². The second-order valence-electron chi connectivity index (χ2n) is 15.5. The van der Waals surface area contributed by atoms with E-state index in [4.69, 9.17) is 18.7 Å². The predicted molar refractivity (Wildman–Crippen MR) is 211 cm³/mol. The summed E-state index contributed by atoms with van der Waals surface area (Å²) in [4.78, 5) is 61.9. The number of thiazole rings is 1. The van der Waals surface area contributed by atoms with Crippen LogP contribution in [0.5, 0.6) is 5.88 Å². The minimum absolute atomic E-state index is 0.0395. The average molecular weight is 799 g/mol. The third kappa shape index (κ3) is 13.0. The highest BCUT2D eigenvalue weighted by Gasteiger charge is 2.43. The molecule has 0 radical (unpaired) electrons. The molecular formula is C40H58N6O9S. The Morgan fingerprint density at radius 2 is 1.79 bits per heavy atom. The van der Waals surface area contributed by atoms with Crippen LogP contribution in [0, 0.1) is 12.8 Å². The first-order valence-corrected chi connectivity index (χ1v) is 20.0. The van der Waals surface area contributed by atoms with Gasteiger partial charge >= 0.3 is 6.09 Å². The Balaban J connectivity index is 1.22. The summed E-state index contributed by atoms with van der Waals surface area (Å²) in [6.45, 7) is 13.0. The number of ether oxygens (including phenoxy) is 3. The van der Waals surface area contributed by atoms with Crippen LogP contribution in [0.25, 0.3) is 10.4 Å². The zero-order valence-corrected chi connectivity index (χ0v) is 34.7. The molecule has 1 aromatic carbocycles. The minimum atomic E-state index is -0.829. The molecule has 16 heteroatoms. The number of aryl methyl sites for hydroxylation is 1. The molecule has 0 spiro atoms. The van der Waals surface area contributed by atoms with Gasteiger partial charge in [-0.15, -0.1) is 11.3 Å². The van der Waals surface area contributed by atoms with E-state index in [-0.39, 0.29) is 75.1 Å². The molecule has 1 fully saturated rings. The molecule has 0 aliphatic carbocycles. The van der Waals surface area contributed by atoms with Crippen molar-refractivity contribution in [3.63, 3.8) is 0 Å². The second kappa shape index (κ2) is 20.6. The topological polar surface area (TPSA) is 177 Å². The molecule has 2 N–H and O–H groups in total. The van der Waals surface area contributed by atoms with Gasteiger partial charge in [0.05, 0.1) is 35.4 Å². The van der Waals surface area contributed by atoms with E-state index in [0.29, 0.717) is 31.8 Å². The lowest BCUT2D eigenvalue weighted by molar-refractivity contribution is -0.141. The van der Waals surface area contributed by atoms with E-state index in [2.05, 4.69) is 15.5 Å². The van der Waals surface area contributed by atoms with Crippen molar-refractivity contribution in [2.45, 2.75) is 97.4 Å². The highest BCUT2D eigenvalue weighted by Crippen LogP contribution is 2.33. The van der Waals surface area contributed by atoms with Crippen LogP contribution in [0.15, 0.2) is 40.4 Å². The fourth-order valence-electron chi connectivity index (χ4n) is 6.20. The van der Waals surface area contributed by atoms with Crippen LogP contribution in [0.4, 0.5) is 4.79 Å². The molecule has 0 saturated carbocycles. The molecule has 4 rings (SSSR count). The Morgan fingerprint density at radius 3 is 2.43 bits per heavy atom. The van der Waals surface area contributed by atoms with Crippen LogP contribution >= 0.6 is 11.3 Å². The van der Waals surface area contributed by atoms with E-state index in [1.54, 1.807) is 52.3 Å². The number of aliphatic hydroxyl groups excluding tert-OH is 1. The zero-order valence-electron chi connectivity index (χ0n) is 33.9. The van der Waals surface area contributed by atoms with E-state index in [1.165, 1.54) is 14.7 Å². The second-order valence-corrected chi connectivity index (χ2v) is 16.4. The molecule has 3 atom stereocenters. The van der Waals surface area contributed by atoms with E-state index >= 15 is 0 Å². The third-order valence-electron chi connectivity index (χ3n) is 9.22. The van der Waals surface area contributed by atoms with Crippen LogP contribution in [0.3, 0.4) is 0 Å². The SMILES string of the molecule is Cc1ncsc1-c1ccc(CNC(=O)[C@@H]2C[C@@H](O)CN2C(=O)C(c2cc(OCCCCOCCN(CCC(=O)N(C)C)C(=O)OC(C)(C)C)no2)C(C)C)cc1. The van der Waals surface area contributed by atoms with Gasteiger partial charge in [-0.25, -0.2) is 9.78 Å². The number of nitrogens with one attached hydrogen (secondary N) is 1. The molecule has 4 amide bonds. The van der Waals surface area contributed by atoms with Crippen LogP contribution < -0.4 is 10.1 Å². The van der Waals surface area contributed by atoms with Gasteiger partial charge in [0, 0.05) is 65.8 Å². The summed E-state index contributed by atoms with van der Waals surface area (Å²) in [5.74, 6) is -1.10. The summed E-state index contributed by atoms with van der Waals surface area (Å²) in [6.07, 6.45) is 0.339. The van der Waals surface area contributed by atoms with Crippen molar-refractivity contribution in [1.82, 2.24) is 30.2 Å². The highest BCUT2D eigenvalue weighted by molar-refractivity contribution is 7.13. The fraction of sp³-hybridized carbons (Fsp3) is 0.600. The highest BCUT2D eigenvalue weighted by atomic mass is 32.1. The first-order valence-electron chi connectivity index (χ1n) is 19.1. The van der Waals surface area contributed by atoms with Crippen molar-refractivity contribution >= 4 is 35.2 Å². The molecular weight excluding hydrogens is 741 g/mol. The summed E-state index contributed by atoms with van der Waals surface area (Å²) >= 11 is 1.58. The van der Waals surface area contributed by atoms with Crippen LogP contribution in [0.2, 0.25) is 0 Å². The number of β-amino-alcohol motifs (C(OH)–C–C–N with tert-alkyl or cyclic N) is 1. The van der Waals surface area contributed by atoms with Crippen molar-refractivity contribution in [3.8, 4) is 16.3 Å². The molecule has 1 aliphatic heterocycles. The van der Waals surface area contributed by atoms with Gasteiger partial charge in [-0.1, -0.05) is 38.1 Å². The Morgan fingerprint density at radius 1 is 1.07 bits per heavy atom. The number of aliphatic hydroxyl groups is 1. The van der Waals surface area contributed by atoms with Gasteiger partial charge in [0.1, 0.15) is 17.6 Å². The van der Waals surface area contributed by atoms with Crippen molar-refractivity contribution in [2.75, 3.05) is 53.6 Å². The van der Waals surface area contributed by atoms with E-state index in [0.717, 1.165) is 21.7 Å².